The molecule has 0 spiro atoms. The molecule has 0 fully saturated rings. The molecular weight excluding hydrogens is 324 g/mol. The van der Waals surface area contributed by atoms with E-state index in [2.05, 4.69) is 26.1 Å². The molecule has 5 heteroatoms. The Bertz CT molecular complexity index is 709. The number of anilines is 2. The second-order valence-corrected chi connectivity index (χ2v) is 6.66. The normalized spacial score (nSPS) is 10.7. The van der Waals surface area contributed by atoms with Crippen molar-refractivity contribution in [3.8, 4) is 5.75 Å². The van der Waals surface area contributed by atoms with Crippen molar-refractivity contribution in [2.45, 2.75) is 33.1 Å². The highest BCUT2D eigenvalue weighted by Crippen LogP contribution is 2.30. The Hall–Kier alpha value is -2.20. The Morgan fingerprint density at radius 2 is 1.83 bits per heavy atom. The molecule has 0 unspecified atom stereocenters. The summed E-state index contributed by atoms with van der Waals surface area (Å²) < 4.78 is 5.72. The lowest BCUT2D eigenvalue weighted by Crippen LogP contribution is -2.22. The fraction of sp³-hybridized carbons (Fsp3) is 0.316. The maximum Gasteiger partial charge on any atom is 0.262 e. The monoisotopic (exact) mass is 348 g/mol. The van der Waals surface area contributed by atoms with Crippen molar-refractivity contribution in [3.05, 3.63) is 53.6 Å². The standard InChI is InChI=1S/C19H24N2O2.ClH/c1-13-9-10-14(20)11-16(13)21-18(22)12-23-17-8-6-5-7-15(17)19(2,3)4;/h5-11H,12,20H2,1-4H3,(H,21,22);1H. The van der Waals surface area contributed by atoms with Crippen molar-refractivity contribution in [3.63, 3.8) is 0 Å². The van der Waals surface area contributed by atoms with Crippen LogP contribution in [0.1, 0.15) is 31.9 Å². The molecule has 2 aromatic rings. The number of nitrogens with one attached hydrogen (secondary N) is 1. The minimum atomic E-state index is -0.206. The summed E-state index contributed by atoms with van der Waals surface area (Å²) in [5, 5.41) is 2.84. The second-order valence-electron chi connectivity index (χ2n) is 6.66. The van der Waals surface area contributed by atoms with Crippen molar-refractivity contribution in [2.24, 2.45) is 0 Å². The lowest BCUT2D eigenvalue weighted by Gasteiger charge is -2.22. The lowest BCUT2D eigenvalue weighted by molar-refractivity contribution is -0.118. The zero-order valence-corrected chi connectivity index (χ0v) is 15.4. The van der Waals surface area contributed by atoms with Crippen LogP contribution in [0, 0.1) is 6.92 Å². The molecule has 0 bridgehead atoms. The molecule has 4 nitrogen and oxygen atoms in total. The predicted molar refractivity (Wildman–Crippen MR) is 102 cm³/mol. The smallest absolute Gasteiger partial charge is 0.262 e. The molecule has 0 radical (unpaired) electrons. The number of nitrogens with two attached hydrogens (primary N) is 1. The molecule has 2 aromatic carbocycles. The summed E-state index contributed by atoms with van der Waals surface area (Å²) in [7, 11) is 0. The third kappa shape index (κ3) is 5.17. The minimum absolute atomic E-state index is 0. The number of rotatable bonds is 4. The molecule has 24 heavy (non-hydrogen) atoms. The number of para-hydroxylation sites is 1. The van der Waals surface area contributed by atoms with Crippen LogP contribution in [0.4, 0.5) is 11.4 Å². The molecule has 1 amide bonds. The number of hydrogen-bond acceptors (Lipinski definition) is 3. The number of amides is 1. The molecule has 2 rings (SSSR count). The van der Waals surface area contributed by atoms with E-state index >= 15 is 0 Å². The summed E-state index contributed by atoms with van der Waals surface area (Å²) in [6.45, 7) is 8.23. The van der Waals surface area contributed by atoms with Gasteiger partial charge in [-0.05, 0) is 41.7 Å². The summed E-state index contributed by atoms with van der Waals surface area (Å²) >= 11 is 0. The van der Waals surface area contributed by atoms with Gasteiger partial charge in [0.15, 0.2) is 6.61 Å². The number of benzene rings is 2. The van der Waals surface area contributed by atoms with Crippen LogP contribution in [0.2, 0.25) is 0 Å². The minimum Gasteiger partial charge on any atom is -0.483 e. The summed E-state index contributed by atoms with van der Waals surface area (Å²) in [6, 6.07) is 13.2. The van der Waals surface area contributed by atoms with Gasteiger partial charge in [-0.15, -0.1) is 12.4 Å². The quantitative estimate of drug-likeness (QED) is 0.809. The highest BCUT2D eigenvalue weighted by molar-refractivity contribution is 5.93. The molecular formula is C19H25ClN2O2. The molecule has 0 atom stereocenters. The molecule has 0 aliphatic heterocycles. The van der Waals surface area contributed by atoms with E-state index in [9.17, 15) is 4.79 Å². The lowest BCUT2D eigenvalue weighted by atomic mass is 9.86. The largest absolute Gasteiger partial charge is 0.483 e. The van der Waals surface area contributed by atoms with Crippen LogP contribution in [0.5, 0.6) is 5.75 Å². The Labute approximate surface area is 149 Å². The van der Waals surface area contributed by atoms with Crippen molar-refractivity contribution in [1.29, 1.82) is 0 Å². The highest BCUT2D eigenvalue weighted by Gasteiger charge is 2.19. The maximum atomic E-state index is 12.1. The van der Waals surface area contributed by atoms with Crippen molar-refractivity contribution >= 4 is 29.7 Å². The summed E-state index contributed by atoms with van der Waals surface area (Å²) in [5.74, 6) is 0.529. The van der Waals surface area contributed by atoms with Gasteiger partial charge >= 0.3 is 0 Å². The Balaban J connectivity index is 0.00000288. The molecule has 0 aliphatic rings. The van der Waals surface area contributed by atoms with Gasteiger partial charge in [0.1, 0.15) is 5.75 Å². The van der Waals surface area contributed by atoms with Crippen LogP contribution in [0.15, 0.2) is 42.5 Å². The van der Waals surface area contributed by atoms with E-state index in [1.165, 1.54) is 0 Å². The SMILES string of the molecule is Cc1ccc(N)cc1NC(=O)COc1ccccc1C(C)(C)C.Cl. The zero-order chi connectivity index (χ0) is 17.0. The van der Waals surface area contributed by atoms with E-state index in [1.807, 2.05) is 37.3 Å². The van der Waals surface area contributed by atoms with Crippen LogP contribution < -0.4 is 15.8 Å². The molecule has 0 aliphatic carbocycles. The fourth-order valence-corrected chi connectivity index (χ4v) is 2.32. The third-order valence-corrected chi connectivity index (χ3v) is 3.59. The van der Waals surface area contributed by atoms with Gasteiger partial charge in [-0.3, -0.25) is 4.79 Å². The average molecular weight is 349 g/mol. The summed E-state index contributed by atoms with van der Waals surface area (Å²) in [4.78, 5) is 12.1. The first-order valence-corrected chi connectivity index (χ1v) is 7.65. The number of halogens is 1. The summed E-state index contributed by atoms with van der Waals surface area (Å²) in [5.41, 5.74) is 9.07. The third-order valence-electron chi connectivity index (χ3n) is 3.59. The van der Waals surface area contributed by atoms with E-state index in [1.54, 1.807) is 12.1 Å². The first-order chi connectivity index (χ1) is 10.8. The second kappa shape index (κ2) is 8.06. The van der Waals surface area contributed by atoms with Crippen molar-refractivity contribution in [1.82, 2.24) is 0 Å². The Morgan fingerprint density at radius 3 is 2.50 bits per heavy atom. The topological polar surface area (TPSA) is 64.3 Å². The van der Waals surface area contributed by atoms with Crippen molar-refractivity contribution < 1.29 is 9.53 Å². The van der Waals surface area contributed by atoms with Gasteiger partial charge < -0.3 is 15.8 Å². The molecule has 0 heterocycles. The molecule has 0 aromatic heterocycles. The zero-order valence-electron chi connectivity index (χ0n) is 14.6. The van der Waals surface area contributed by atoms with E-state index in [0.717, 1.165) is 16.9 Å². The molecule has 3 N–H and O–H groups in total. The molecule has 130 valence electrons. The number of aryl methyl sites for hydroxylation is 1. The maximum absolute atomic E-state index is 12.1. The first-order valence-electron chi connectivity index (χ1n) is 7.65. The van der Waals surface area contributed by atoms with E-state index in [4.69, 9.17) is 10.5 Å². The van der Waals surface area contributed by atoms with Crippen LogP contribution >= 0.6 is 12.4 Å². The molecule has 0 saturated carbocycles. The van der Waals surface area contributed by atoms with Gasteiger partial charge in [0, 0.05) is 11.4 Å². The number of nitrogen functional groups attached to an aromatic ring is 1. The van der Waals surface area contributed by atoms with Gasteiger partial charge in [0.2, 0.25) is 0 Å². The fourth-order valence-electron chi connectivity index (χ4n) is 2.32. The van der Waals surface area contributed by atoms with Crippen LogP contribution in [0.25, 0.3) is 0 Å². The van der Waals surface area contributed by atoms with E-state index in [0.29, 0.717) is 11.4 Å². The predicted octanol–water partition coefficient (Wildman–Crippen LogP) is 4.31. The van der Waals surface area contributed by atoms with Crippen LogP contribution in [0.3, 0.4) is 0 Å². The van der Waals surface area contributed by atoms with Gasteiger partial charge in [-0.25, -0.2) is 0 Å². The first kappa shape index (κ1) is 19.8. The molecule has 0 saturated heterocycles. The number of ether oxygens (including phenoxy) is 1. The summed E-state index contributed by atoms with van der Waals surface area (Å²) in [6.07, 6.45) is 0. The van der Waals surface area contributed by atoms with Gasteiger partial charge in [-0.2, -0.15) is 0 Å². The van der Waals surface area contributed by atoms with Crippen LogP contribution in [-0.2, 0) is 10.2 Å². The van der Waals surface area contributed by atoms with E-state index < -0.39 is 0 Å². The number of carbonyl (C=O) groups is 1. The van der Waals surface area contributed by atoms with Gasteiger partial charge in [-0.1, -0.05) is 45.0 Å². The van der Waals surface area contributed by atoms with E-state index in [-0.39, 0.29) is 30.3 Å². The average Bonchev–Trinajstić information content (AvgIpc) is 2.48. The van der Waals surface area contributed by atoms with Gasteiger partial charge in [0.25, 0.3) is 5.91 Å². The van der Waals surface area contributed by atoms with Gasteiger partial charge in [0.05, 0.1) is 0 Å². The number of hydrogen-bond donors (Lipinski definition) is 2. The number of carbonyl (C=O) groups excluding carboxylic acids is 1. The Morgan fingerprint density at radius 1 is 1.17 bits per heavy atom. The van der Waals surface area contributed by atoms with Crippen LogP contribution in [-0.4, -0.2) is 12.5 Å². The van der Waals surface area contributed by atoms with Crippen molar-refractivity contribution in [2.75, 3.05) is 17.7 Å². The highest BCUT2D eigenvalue weighted by atomic mass is 35.5. The Kier molecular flexibility index (Phi) is 6.67.